The van der Waals surface area contributed by atoms with Crippen molar-refractivity contribution in [2.75, 3.05) is 11.9 Å². The van der Waals surface area contributed by atoms with E-state index in [9.17, 15) is 20.0 Å². The Morgan fingerprint density at radius 3 is 2.92 bits per heavy atom. The van der Waals surface area contributed by atoms with Crippen molar-refractivity contribution < 1.29 is 19.6 Å². The zero-order valence-corrected chi connectivity index (χ0v) is 15.0. The van der Waals surface area contributed by atoms with Gasteiger partial charge in [0.1, 0.15) is 5.00 Å². The van der Waals surface area contributed by atoms with Gasteiger partial charge in [-0.25, -0.2) is 4.79 Å². The number of hydrogen-bond donors (Lipinski definition) is 2. The molecule has 136 valence electrons. The number of nitrogens with one attached hydrogen (secondary N) is 1. The lowest BCUT2D eigenvalue weighted by atomic mass is 9.81. The molecule has 0 saturated heterocycles. The van der Waals surface area contributed by atoms with Gasteiger partial charge in [-0.1, -0.05) is 12.1 Å². The van der Waals surface area contributed by atoms with Gasteiger partial charge in [-0.05, 0) is 30.9 Å². The van der Waals surface area contributed by atoms with Crippen molar-refractivity contribution in [3.05, 3.63) is 62.5 Å². The minimum atomic E-state index is -0.605. The standard InChI is InChI=1S/C17H17N3O5S/c1-3-25-17(22)13-9(2)18-16-15(12(8-21)19-26-16)14(13)10-5-4-6-11(7-10)20(23)24/h4-7,14,18,21H,3,8H2,1-2H3. The lowest BCUT2D eigenvalue weighted by molar-refractivity contribution is -0.384. The molecule has 1 aromatic heterocycles. The summed E-state index contributed by atoms with van der Waals surface area (Å²) in [5, 5.41) is 24.7. The second-order valence-corrected chi connectivity index (χ2v) is 6.47. The number of allylic oxidation sites excluding steroid dienone is 1. The first-order valence-electron chi connectivity index (χ1n) is 7.96. The number of esters is 1. The molecule has 0 spiro atoms. The van der Waals surface area contributed by atoms with Crippen LogP contribution in [0.1, 0.15) is 36.6 Å². The number of ether oxygens (including phenoxy) is 1. The van der Waals surface area contributed by atoms with Crippen molar-refractivity contribution in [2.45, 2.75) is 26.4 Å². The summed E-state index contributed by atoms with van der Waals surface area (Å²) in [5.41, 5.74) is 2.53. The van der Waals surface area contributed by atoms with E-state index in [0.717, 1.165) is 0 Å². The van der Waals surface area contributed by atoms with Crippen LogP contribution in [0.4, 0.5) is 10.7 Å². The third-order valence-corrected chi connectivity index (χ3v) is 4.96. The van der Waals surface area contributed by atoms with Crippen molar-refractivity contribution >= 4 is 28.2 Å². The third kappa shape index (κ3) is 3.06. The number of nitro benzene ring substituents is 1. The lowest BCUT2D eigenvalue weighted by Crippen LogP contribution is -2.24. The molecule has 0 saturated carbocycles. The number of aromatic nitrogens is 1. The van der Waals surface area contributed by atoms with Crippen LogP contribution in [0.5, 0.6) is 0 Å². The summed E-state index contributed by atoms with van der Waals surface area (Å²) >= 11 is 1.18. The summed E-state index contributed by atoms with van der Waals surface area (Å²) in [6.45, 7) is 3.37. The van der Waals surface area contributed by atoms with E-state index in [0.29, 0.717) is 33.1 Å². The third-order valence-electron chi connectivity index (χ3n) is 4.14. The van der Waals surface area contributed by atoms with E-state index in [1.165, 1.54) is 23.7 Å². The number of benzene rings is 1. The summed E-state index contributed by atoms with van der Waals surface area (Å²) in [7, 11) is 0. The molecule has 26 heavy (non-hydrogen) atoms. The first-order chi connectivity index (χ1) is 12.5. The first-order valence-corrected chi connectivity index (χ1v) is 8.73. The highest BCUT2D eigenvalue weighted by Crippen LogP contribution is 2.46. The highest BCUT2D eigenvalue weighted by Gasteiger charge is 2.37. The molecule has 1 atom stereocenters. The van der Waals surface area contributed by atoms with Crippen LogP contribution >= 0.6 is 11.5 Å². The number of hydrogen-bond acceptors (Lipinski definition) is 8. The Balaban J connectivity index is 2.22. The normalized spacial score (nSPS) is 16.0. The van der Waals surface area contributed by atoms with Crippen LogP contribution in [-0.2, 0) is 16.1 Å². The molecular weight excluding hydrogens is 358 g/mol. The van der Waals surface area contributed by atoms with Gasteiger partial charge in [-0.3, -0.25) is 10.1 Å². The van der Waals surface area contributed by atoms with Crippen molar-refractivity contribution in [1.82, 2.24) is 4.37 Å². The Morgan fingerprint density at radius 2 is 2.27 bits per heavy atom. The SMILES string of the molecule is CCOC(=O)C1=C(C)Nc2snc(CO)c2C1c1cccc([N+](=O)[O-])c1. The number of rotatable bonds is 5. The molecule has 1 aliphatic rings. The number of nitrogens with zero attached hydrogens (tertiary/aromatic N) is 2. The number of anilines is 1. The van der Waals surface area contributed by atoms with Gasteiger partial charge < -0.3 is 15.2 Å². The van der Waals surface area contributed by atoms with Gasteiger partial charge in [0.15, 0.2) is 0 Å². The Kier molecular flexibility index (Phi) is 5.01. The van der Waals surface area contributed by atoms with E-state index in [2.05, 4.69) is 9.69 Å². The quantitative estimate of drug-likeness (QED) is 0.469. The predicted octanol–water partition coefficient (Wildman–Crippen LogP) is 2.94. The highest BCUT2D eigenvalue weighted by molar-refractivity contribution is 7.10. The van der Waals surface area contributed by atoms with E-state index in [-0.39, 0.29) is 18.9 Å². The molecular formula is C17H17N3O5S. The predicted molar refractivity (Wildman–Crippen MR) is 95.9 cm³/mol. The summed E-state index contributed by atoms with van der Waals surface area (Å²) in [6.07, 6.45) is 0. The maximum atomic E-state index is 12.6. The van der Waals surface area contributed by atoms with Gasteiger partial charge in [0, 0.05) is 29.3 Å². The number of carbonyl (C=O) groups is 1. The van der Waals surface area contributed by atoms with E-state index < -0.39 is 16.8 Å². The van der Waals surface area contributed by atoms with Crippen LogP contribution in [0.15, 0.2) is 35.5 Å². The van der Waals surface area contributed by atoms with Gasteiger partial charge in [0.25, 0.3) is 5.69 Å². The monoisotopic (exact) mass is 375 g/mol. The minimum absolute atomic E-state index is 0.0721. The van der Waals surface area contributed by atoms with Gasteiger partial charge >= 0.3 is 5.97 Å². The van der Waals surface area contributed by atoms with Crippen molar-refractivity contribution in [1.29, 1.82) is 0 Å². The fourth-order valence-electron chi connectivity index (χ4n) is 3.06. The molecule has 0 aliphatic carbocycles. The number of aliphatic hydroxyl groups excluding tert-OH is 1. The van der Waals surface area contributed by atoms with E-state index in [1.54, 1.807) is 26.0 Å². The summed E-state index contributed by atoms with van der Waals surface area (Å²) in [4.78, 5) is 23.3. The van der Waals surface area contributed by atoms with Crippen LogP contribution in [-0.4, -0.2) is 27.0 Å². The molecule has 2 aromatic rings. The maximum absolute atomic E-state index is 12.6. The smallest absolute Gasteiger partial charge is 0.336 e. The first kappa shape index (κ1) is 18.0. The van der Waals surface area contributed by atoms with Crippen LogP contribution in [0.3, 0.4) is 0 Å². The maximum Gasteiger partial charge on any atom is 0.336 e. The molecule has 2 heterocycles. The van der Waals surface area contributed by atoms with Crippen LogP contribution in [0.25, 0.3) is 0 Å². The molecule has 8 nitrogen and oxygen atoms in total. The number of carbonyl (C=O) groups excluding carboxylic acids is 1. The minimum Gasteiger partial charge on any atom is -0.463 e. The molecule has 9 heteroatoms. The lowest BCUT2D eigenvalue weighted by Gasteiger charge is -2.28. The van der Waals surface area contributed by atoms with E-state index in [1.807, 2.05) is 0 Å². The molecule has 3 rings (SSSR count). The van der Waals surface area contributed by atoms with Crippen molar-refractivity contribution in [2.24, 2.45) is 0 Å². The number of nitro groups is 1. The average molecular weight is 375 g/mol. The molecule has 1 aromatic carbocycles. The van der Waals surface area contributed by atoms with Crippen LogP contribution in [0, 0.1) is 10.1 Å². The summed E-state index contributed by atoms with van der Waals surface area (Å²) in [5.74, 6) is -1.11. The van der Waals surface area contributed by atoms with Gasteiger partial charge in [-0.15, -0.1) is 0 Å². The zero-order valence-electron chi connectivity index (χ0n) is 14.2. The van der Waals surface area contributed by atoms with Gasteiger partial charge in [0.2, 0.25) is 0 Å². The molecule has 0 radical (unpaired) electrons. The van der Waals surface area contributed by atoms with E-state index in [4.69, 9.17) is 4.74 Å². The molecule has 1 unspecified atom stereocenters. The van der Waals surface area contributed by atoms with Crippen LogP contribution in [0.2, 0.25) is 0 Å². The van der Waals surface area contributed by atoms with Crippen molar-refractivity contribution in [3.63, 3.8) is 0 Å². The number of fused-ring (bicyclic) bond motifs is 1. The second kappa shape index (κ2) is 7.22. The Labute approximate surface area is 153 Å². The molecule has 0 bridgehead atoms. The second-order valence-electron chi connectivity index (χ2n) is 5.70. The Bertz CT molecular complexity index is 906. The zero-order chi connectivity index (χ0) is 18.8. The average Bonchev–Trinajstić information content (AvgIpc) is 3.03. The molecule has 0 fully saturated rings. The highest BCUT2D eigenvalue weighted by atomic mass is 32.1. The largest absolute Gasteiger partial charge is 0.463 e. The Hall–Kier alpha value is -2.78. The molecule has 2 N–H and O–H groups in total. The summed E-state index contributed by atoms with van der Waals surface area (Å²) in [6, 6.07) is 6.12. The molecule has 0 amide bonds. The van der Waals surface area contributed by atoms with Crippen molar-refractivity contribution in [3.8, 4) is 0 Å². The number of aliphatic hydroxyl groups is 1. The topological polar surface area (TPSA) is 115 Å². The van der Waals surface area contributed by atoms with Gasteiger partial charge in [0.05, 0.1) is 29.4 Å². The van der Waals surface area contributed by atoms with Gasteiger partial charge in [-0.2, -0.15) is 4.37 Å². The Morgan fingerprint density at radius 1 is 1.50 bits per heavy atom. The van der Waals surface area contributed by atoms with E-state index >= 15 is 0 Å². The fourth-order valence-corrected chi connectivity index (χ4v) is 3.95. The summed E-state index contributed by atoms with van der Waals surface area (Å²) < 4.78 is 9.44. The van der Waals surface area contributed by atoms with Crippen LogP contribution < -0.4 is 5.32 Å². The number of non-ortho nitro benzene ring substituents is 1. The molecule has 1 aliphatic heterocycles. The fraction of sp³-hybridized carbons (Fsp3) is 0.294.